The third-order valence-electron chi connectivity index (χ3n) is 5.66. The van der Waals surface area contributed by atoms with E-state index in [1.807, 2.05) is 4.90 Å². The van der Waals surface area contributed by atoms with Gasteiger partial charge in [0.2, 0.25) is 5.91 Å². The third kappa shape index (κ3) is 3.18. The lowest BCUT2D eigenvalue weighted by molar-refractivity contribution is -0.129. The van der Waals surface area contributed by atoms with Gasteiger partial charge in [0.25, 0.3) is 0 Å². The molecule has 3 rings (SSSR count). The Kier molecular flexibility index (Phi) is 4.42. The molecule has 0 radical (unpaired) electrons. The minimum absolute atomic E-state index is 0.0694. The number of amides is 1. The molecule has 132 valence electrons. The summed E-state index contributed by atoms with van der Waals surface area (Å²) in [6.07, 6.45) is 1.36. The molecule has 5 heteroatoms. The van der Waals surface area contributed by atoms with Gasteiger partial charge >= 0.3 is 0 Å². The molecule has 0 bridgehead atoms. The average Bonchev–Trinajstić information content (AvgIpc) is 2.71. The van der Waals surface area contributed by atoms with Gasteiger partial charge in [-0.05, 0) is 55.6 Å². The minimum atomic E-state index is -0.392. The van der Waals surface area contributed by atoms with E-state index >= 15 is 0 Å². The summed E-state index contributed by atoms with van der Waals surface area (Å²) in [5, 5.41) is 0.338. The Morgan fingerprint density at radius 2 is 2.08 bits per heavy atom. The molecule has 1 aliphatic carbocycles. The van der Waals surface area contributed by atoms with Crippen molar-refractivity contribution in [3.05, 3.63) is 34.6 Å². The van der Waals surface area contributed by atoms with Crippen LogP contribution < -0.4 is 0 Å². The van der Waals surface area contributed by atoms with Crippen LogP contribution in [0.5, 0.6) is 0 Å². The summed E-state index contributed by atoms with van der Waals surface area (Å²) >= 11 is 5.90. The summed E-state index contributed by atoms with van der Waals surface area (Å²) in [5.74, 6) is 0.212. The molecular weight excluding hydrogens is 327 g/mol. The van der Waals surface area contributed by atoms with Crippen molar-refractivity contribution >= 4 is 17.5 Å². The number of benzene rings is 1. The van der Waals surface area contributed by atoms with Crippen molar-refractivity contribution in [1.82, 2.24) is 9.80 Å². The first-order valence-corrected chi connectivity index (χ1v) is 8.87. The van der Waals surface area contributed by atoms with E-state index in [0.717, 1.165) is 26.1 Å². The van der Waals surface area contributed by atoms with Crippen LogP contribution in [0.25, 0.3) is 0 Å². The number of halogens is 2. The molecule has 1 aliphatic heterocycles. The van der Waals surface area contributed by atoms with E-state index in [0.29, 0.717) is 16.5 Å². The van der Waals surface area contributed by atoms with Crippen molar-refractivity contribution in [2.75, 3.05) is 33.7 Å². The van der Waals surface area contributed by atoms with Crippen LogP contribution in [0.4, 0.5) is 4.39 Å². The maximum absolute atomic E-state index is 13.5. The van der Waals surface area contributed by atoms with Gasteiger partial charge in [-0.1, -0.05) is 25.4 Å². The number of fused-ring (bicyclic) bond motifs is 1. The average molecular weight is 353 g/mol. The highest BCUT2D eigenvalue weighted by Gasteiger charge is 2.63. The van der Waals surface area contributed by atoms with Gasteiger partial charge in [-0.3, -0.25) is 4.79 Å². The second kappa shape index (κ2) is 5.99. The first-order valence-electron chi connectivity index (χ1n) is 8.49. The number of carbonyl (C=O) groups excluding carboxylic acids is 1. The zero-order valence-corrected chi connectivity index (χ0v) is 15.7. The van der Waals surface area contributed by atoms with Gasteiger partial charge in [-0.25, -0.2) is 4.39 Å². The molecule has 1 heterocycles. The Balaban J connectivity index is 1.73. The molecule has 2 atom stereocenters. The zero-order chi connectivity index (χ0) is 17.7. The van der Waals surface area contributed by atoms with Crippen molar-refractivity contribution in [1.29, 1.82) is 0 Å². The standard InChI is InChI=1S/C19H26ClFN2O/c1-18(2)10-19(11-22(3)4)12-23(9-16(18)19)17(24)7-13-5-14(20)8-15(21)6-13/h5-6,8,16H,7,9-12H2,1-4H3/t16-,19+/m1/s1. The first kappa shape index (κ1) is 17.7. The van der Waals surface area contributed by atoms with Crippen molar-refractivity contribution in [3.8, 4) is 0 Å². The molecule has 3 nitrogen and oxygen atoms in total. The zero-order valence-electron chi connectivity index (χ0n) is 14.9. The van der Waals surface area contributed by atoms with E-state index in [-0.39, 0.29) is 23.2 Å². The number of hydrogen-bond donors (Lipinski definition) is 0. The van der Waals surface area contributed by atoms with Crippen LogP contribution in [0.2, 0.25) is 5.02 Å². The molecule has 2 aliphatic rings. The normalized spacial score (nSPS) is 28.0. The lowest BCUT2D eigenvalue weighted by atomic mass is 9.48. The van der Waals surface area contributed by atoms with Crippen LogP contribution in [-0.4, -0.2) is 49.4 Å². The third-order valence-corrected chi connectivity index (χ3v) is 5.88. The molecular formula is C19H26ClFN2O. The van der Waals surface area contributed by atoms with Crippen molar-refractivity contribution in [2.45, 2.75) is 26.7 Å². The molecule has 0 aromatic heterocycles. The Labute approximate surface area is 148 Å². The van der Waals surface area contributed by atoms with Gasteiger partial charge in [0.15, 0.2) is 0 Å². The molecule has 0 unspecified atom stereocenters. The number of likely N-dealkylation sites (tertiary alicyclic amines) is 1. The van der Waals surface area contributed by atoms with E-state index in [1.54, 1.807) is 6.07 Å². The van der Waals surface area contributed by atoms with E-state index in [4.69, 9.17) is 11.6 Å². The Morgan fingerprint density at radius 3 is 2.67 bits per heavy atom. The molecule has 0 N–H and O–H groups in total. The molecule has 1 aromatic rings. The topological polar surface area (TPSA) is 23.6 Å². The van der Waals surface area contributed by atoms with Gasteiger partial charge in [-0.2, -0.15) is 0 Å². The monoisotopic (exact) mass is 352 g/mol. The summed E-state index contributed by atoms with van der Waals surface area (Å²) < 4.78 is 13.5. The highest BCUT2D eigenvalue weighted by molar-refractivity contribution is 6.30. The maximum Gasteiger partial charge on any atom is 0.227 e. The van der Waals surface area contributed by atoms with Gasteiger partial charge < -0.3 is 9.80 Å². The lowest BCUT2D eigenvalue weighted by Crippen LogP contribution is -2.57. The summed E-state index contributed by atoms with van der Waals surface area (Å²) in [6, 6.07) is 4.33. The van der Waals surface area contributed by atoms with E-state index < -0.39 is 5.82 Å². The predicted octanol–water partition coefficient (Wildman–Crippen LogP) is 3.46. The largest absolute Gasteiger partial charge is 0.341 e. The molecule has 24 heavy (non-hydrogen) atoms. The van der Waals surface area contributed by atoms with E-state index in [2.05, 4.69) is 32.8 Å². The number of carbonyl (C=O) groups is 1. The smallest absolute Gasteiger partial charge is 0.227 e. The van der Waals surface area contributed by atoms with Gasteiger partial charge in [0.1, 0.15) is 5.82 Å². The Bertz CT molecular complexity index is 637. The van der Waals surface area contributed by atoms with Crippen LogP contribution in [-0.2, 0) is 11.2 Å². The fourth-order valence-corrected chi connectivity index (χ4v) is 5.40. The van der Waals surface area contributed by atoms with Crippen LogP contribution in [0.3, 0.4) is 0 Å². The van der Waals surface area contributed by atoms with Gasteiger partial charge in [0, 0.05) is 30.1 Å². The van der Waals surface area contributed by atoms with Gasteiger partial charge in [-0.15, -0.1) is 0 Å². The molecule has 1 aromatic carbocycles. The van der Waals surface area contributed by atoms with Crippen LogP contribution in [0.1, 0.15) is 25.8 Å². The second-order valence-electron chi connectivity index (χ2n) is 8.55. The second-order valence-corrected chi connectivity index (χ2v) is 8.98. The molecule has 0 spiro atoms. The summed E-state index contributed by atoms with van der Waals surface area (Å²) in [7, 11) is 4.19. The van der Waals surface area contributed by atoms with Crippen molar-refractivity contribution in [2.24, 2.45) is 16.7 Å². The van der Waals surface area contributed by atoms with Gasteiger partial charge in [0.05, 0.1) is 6.42 Å². The summed E-state index contributed by atoms with van der Waals surface area (Å²) in [4.78, 5) is 16.9. The summed E-state index contributed by atoms with van der Waals surface area (Å²) in [6.45, 7) is 7.22. The molecule has 1 saturated carbocycles. The van der Waals surface area contributed by atoms with E-state index in [9.17, 15) is 9.18 Å². The fourth-order valence-electron chi connectivity index (χ4n) is 5.16. The molecule has 1 amide bonds. The number of rotatable bonds is 4. The highest BCUT2D eigenvalue weighted by atomic mass is 35.5. The molecule has 1 saturated heterocycles. The summed E-state index contributed by atoms with van der Waals surface area (Å²) in [5.41, 5.74) is 1.14. The maximum atomic E-state index is 13.5. The predicted molar refractivity (Wildman–Crippen MR) is 94.6 cm³/mol. The van der Waals surface area contributed by atoms with E-state index in [1.165, 1.54) is 12.1 Å². The number of hydrogen-bond acceptors (Lipinski definition) is 2. The fraction of sp³-hybridized carbons (Fsp3) is 0.632. The Morgan fingerprint density at radius 1 is 1.38 bits per heavy atom. The van der Waals surface area contributed by atoms with Crippen LogP contribution >= 0.6 is 11.6 Å². The van der Waals surface area contributed by atoms with Crippen molar-refractivity contribution in [3.63, 3.8) is 0 Å². The van der Waals surface area contributed by atoms with Crippen molar-refractivity contribution < 1.29 is 9.18 Å². The number of nitrogens with zero attached hydrogens (tertiary/aromatic N) is 2. The van der Waals surface area contributed by atoms with Crippen LogP contribution in [0.15, 0.2) is 18.2 Å². The molecule has 2 fully saturated rings. The SMILES string of the molecule is CN(C)C[C@@]12CN(C(=O)Cc3cc(F)cc(Cl)c3)C[C@@H]1C(C)(C)C2. The first-order chi connectivity index (χ1) is 11.1. The quantitative estimate of drug-likeness (QED) is 0.828. The highest BCUT2D eigenvalue weighted by Crippen LogP contribution is 2.62. The minimum Gasteiger partial charge on any atom is -0.341 e. The Hall–Kier alpha value is -1.13. The lowest BCUT2D eigenvalue weighted by Gasteiger charge is -2.57. The van der Waals surface area contributed by atoms with Crippen LogP contribution in [0, 0.1) is 22.6 Å².